The molecule has 1 amide bonds. The maximum Gasteiger partial charge on any atom is 0.253 e. The first kappa shape index (κ1) is 21.5. The predicted molar refractivity (Wildman–Crippen MR) is 115 cm³/mol. The van der Waals surface area contributed by atoms with E-state index in [9.17, 15) is 13.2 Å². The monoisotopic (exact) mass is 414 g/mol. The Bertz CT molecular complexity index is 901. The normalized spacial score (nSPS) is 15.6. The van der Waals surface area contributed by atoms with Gasteiger partial charge in [-0.2, -0.15) is 0 Å². The molecule has 1 saturated heterocycles. The molecule has 0 unspecified atom stereocenters. The number of hydrogen-bond donors (Lipinski definition) is 1. The molecule has 0 aromatic heterocycles. The smallest absolute Gasteiger partial charge is 0.253 e. The highest BCUT2D eigenvalue weighted by atomic mass is 32.2. The Morgan fingerprint density at radius 1 is 1.03 bits per heavy atom. The molecule has 29 heavy (non-hydrogen) atoms. The van der Waals surface area contributed by atoms with Crippen LogP contribution < -0.4 is 4.72 Å². The Kier molecular flexibility index (Phi) is 7.09. The fourth-order valence-electron chi connectivity index (χ4n) is 3.70. The van der Waals surface area contributed by atoms with Crippen molar-refractivity contribution < 1.29 is 13.2 Å². The van der Waals surface area contributed by atoms with Gasteiger partial charge in [-0.25, -0.2) is 13.1 Å². The van der Waals surface area contributed by atoms with Gasteiger partial charge in [-0.15, -0.1) is 0 Å². The van der Waals surface area contributed by atoms with E-state index in [0.717, 1.165) is 43.5 Å². The number of hydrogen-bond acceptors (Lipinski definition) is 3. The zero-order valence-electron chi connectivity index (χ0n) is 17.2. The molecule has 2 aromatic carbocycles. The van der Waals surface area contributed by atoms with Crippen molar-refractivity contribution in [2.45, 2.75) is 43.9 Å². The van der Waals surface area contributed by atoms with Gasteiger partial charge in [0.2, 0.25) is 10.0 Å². The fraction of sp³-hybridized carbons (Fsp3) is 0.435. The van der Waals surface area contributed by atoms with Crippen LogP contribution in [0.2, 0.25) is 0 Å². The van der Waals surface area contributed by atoms with Crippen LogP contribution in [0.15, 0.2) is 59.5 Å². The molecule has 0 radical (unpaired) electrons. The highest BCUT2D eigenvalue weighted by Crippen LogP contribution is 2.22. The van der Waals surface area contributed by atoms with Gasteiger partial charge in [-0.1, -0.05) is 44.2 Å². The Morgan fingerprint density at radius 3 is 2.24 bits per heavy atom. The van der Waals surface area contributed by atoms with E-state index in [1.807, 2.05) is 47.4 Å². The number of nitrogens with one attached hydrogen (secondary N) is 1. The molecule has 156 valence electrons. The standard InChI is InChI=1S/C23H30N2O3S/c1-18(2)20-8-10-22(11-9-20)29(27,28)24-15-12-19-13-16-25(17-14-19)23(26)21-6-4-3-5-7-21/h3-11,18-19,24H,12-17H2,1-2H3. The lowest BCUT2D eigenvalue weighted by atomic mass is 9.93. The second-order valence-corrected chi connectivity index (χ2v) is 9.78. The third kappa shape index (κ3) is 5.67. The minimum Gasteiger partial charge on any atom is -0.339 e. The van der Waals surface area contributed by atoms with Gasteiger partial charge < -0.3 is 4.90 Å². The molecule has 1 heterocycles. The van der Waals surface area contributed by atoms with Crippen LogP contribution in [0.1, 0.15) is 54.9 Å². The van der Waals surface area contributed by atoms with Crippen LogP contribution in [0.25, 0.3) is 0 Å². The van der Waals surface area contributed by atoms with Crippen molar-refractivity contribution in [2.24, 2.45) is 5.92 Å². The summed E-state index contributed by atoms with van der Waals surface area (Å²) in [6.07, 6.45) is 2.60. The number of amides is 1. The van der Waals surface area contributed by atoms with Crippen LogP contribution in [0.5, 0.6) is 0 Å². The number of sulfonamides is 1. The first-order valence-electron chi connectivity index (χ1n) is 10.3. The SMILES string of the molecule is CC(C)c1ccc(S(=O)(=O)NCCC2CCN(C(=O)c3ccccc3)CC2)cc1. The molecule has 1 fully saturated rings. The summed E-state index contributed by atoms with van der Waals surface area (Å²) in [4.78, 5) is 14.7. The zero-order valence-corrected chi connectivity index (χ0v) is 18.0. The summed E-state index contributed by atoms with van der Waals surface area (Å²) >= 11 is 0. The van der Waals surface area contributed by atoms with Gasteiger partial charge in [0.05, 0.1) is 4.90 Å². The zero-order chi connectivity index (χ0) is 20.9. The van der Waals surface area contributed by atoms with E-state index in [1.165, 1.54) is 0 Å². The molecular formula is C23H30N2O3S. The fourth-order valence-corrected chi connectivity index (χ4v) is 4.75. The summed E-state index contributed by atoms with van der Waals surface area (Å²) in [5, 5.41) is 0. The first-order chi connectivity index (χ1) is 13.9. The lowest BCUT2D eigenvalue weighted by Crippen LogP contribution is -2.39. The summed E-state index contributed by atoms with van der Waals surface area (Å²) in [6.45, 7) is 6.04. The molecule has 0 saturated carbocycles. The van der Waals surface area contributed by atoms with Crippen LogP contribution in [0.3, 0.4) is 0 Å². The number of benzene rings is 2. The minimum atomic E-state index is -3.48. The third-order valence-corrected chi connectivity index (χ3v) is 7.10. The van der Waals surface area contributed by atoms with Crippen LogP contribution in [0, 0.1) is 5.92 Å². The Morgan fingerprint density at radius 2 is 1.66 bits per heavy atom. The summed E-state index contributed by atoms with van der Waals surface area (Å²) in [6, 6.07) is 16.4. The van der Waals surface area contributed by atoms with Crippen LogP contribution in [-0.2, 0) is 10.0 Å². The van der Waals surface area contributed by atoms with Crippen LogP contribution in [-0.4, -0.2) is 38.9 Å². The Hall–Kier alpha value is -2.18. The average molecular weight is 415 g/mol. The number of carbonyl (C=O) groups is 1. The minimum absolute atomic E-state index is 0.0783. The maximum atomic E-state index is 12.5. The number of nitrogens with zero attached hydrogens (tertiary/aromatic N) is 1. The van der Waals surface area contributed by atoms with E-state index in [1.54, 1.807) is 12.1 Å². The maximum absolute atomic E-state index is 12.5. The molecule has 1 aliphatic heterocycles. The Balaban J connectivity index is 1.45. The molecule has 0 atom stereocenters. The lowest BCUT2D eigenvalue weighted by Gasteiger charge is -2.32. The van der Waals surface area contributed by atoms with Crippen molar-refractivity contribution in [3.8, 4) is 0 Å². The molecule has 2 aromatic rings. The largest absolute Gasteiger partial charge is 0.339 e. The first-order valence-corrected chi connectivity index (χ1v) is 11.8. The van der Waals surface area contributed by atoms with Crippen molar-refractivity contribution in [2.75, 3.05) is 19.6 Å². The van der Waals surface area contributed by atoms with Gasteiger partial charge in [0.1, 0.15) is 0 Å². The van der Waals surface area contributed by atoms with E-state index in [4.69, 9.17) is 0 Å². The molecule has 0 bridgehead atoms. The molecule has 5 nitrogen and oxygen atoms in total. The second kappa shape index (κ2) is 9.55. The van der Waals surface area contributed by atoms with Crippen LogP contribution in [0.4, 0.5) is 0 Å². The molecule has 6 heteroatoms. The van der Waals surface area contributed by atoms with Gasteiger partial charge in [-0.3, -0.25) is 4.79 Å². The van der Waals surface area contributed by atoms with E-state index in [0.29, 0.717) is 23.3 Å². The van der Waals surface area contributed by atoms with Gasteiger partial charge in [0.15, 0.2) is 0 Å². The molecule has 1 aliphatic rings. The van der Waals surface area contributed by atoms with E-state index >= 15 is 0 Å². The summed E-state index contributed by atoms with van der Waals surface area (Å²) in [5.41, 5.74) is 1.85. The molecule has 1 N–H and O–H groups in total. The highest BCUT2D eigenvalue weighted by Gasteiger charge is 2.24. The Labute approximate surface area is 174 Å². The quantitative estimate of drug-likeness (QED) is 0.744. The van der Waals surface area contributed by atoms with E-state index in [2.05, 4.69) is 18.6 Å². The average Bonchev–Trinajstić information content (AvgIpc) is 2.74. The summed E-state index contributed by atoms with van der Waals surface area (Å²) in [7, 11) is -3.48. The van der Waals surface area contributed by atoms with Crippen molar-refractivity contribution in [1.29, 1.82) is 0 Å². The summed E-state index contributed by atoms with van der Waals surface area (Å²) < 4.78 is 27.7. The highest BCUT2D eigenvalue weighted by molar-refractivity contribution is 7.89. The van der Waals surface area contributed by atoms with Gasteiger partial charge >= 0.3 is 0 Å². The molecule has 3 rings (SSSR count). The number of piperidine rings is 1. The number of carbonyl (C=O) groups excluding carboxylic acids is 1. The van der Waals surface area contributed by atoms with Crippen molar-refractivity contribution in [3.63, 3.8) is 0 Å². The third-order valence-electron chi connectivity index (χ3n) is 5.62. The second-order valence-electron chi connectivity index (χ2n) is 8.01. The van der Waals surface area contributed by atoms with Crippen molar-refractivity contribution in [3.05, 3.63) is 65.7 Å². The van der Waals surface area contributed by atoms with E-state index in [-0.39, 0.29) is 5.91 Å². The molecule has 0 spiro atoms. The predicted octanol–water partition coefficient (Wildman–Crippen LogP) is 4.03. The van der Waals surface area contributed by atoms with Crippen LogP contribution >= 0.6 is 0 Å². The van der Waals surface area contributed by atoms with Crippen molar-refractivity contribution in [1.82, 2.24) is 9.62 Å². The topological polar surface area (TPSA) is 66.5 Å². The summed E-state index contributed by atoms with van der Waals surface area (Å²) in [5.74, 6) is 0.884. The van der Waals surface area contributed by atoms with Gasteiger partial charge in [-0.05, 0) is 60.9 Å². The molecule has 0 aliphatic carbocycles. The van der Waals surface area contributed by atoms with Gasteiger partial charge in [0.25, 0.3) is 5.91 Å². The number of likely N-dealkylation sites (tertiary alicyclic amines) is 1. The van der Waals surface area contributed by atoms with E-state index < -0.39 is 10.0 Å². The number of rotatable bonds is 7. The van der Waals surface area contributed by atoms with Crippen molar-refractivity contribution >= 4 is 15.9 Å². The van der Waals surface area contributed by atoms with Gasteiger partial charge in [0, 0.05) is 25.2 Å². The molecular weight excluding hydrogens is 384 g/mol. The lowest BCUT2D eigenvalue weighted by molar-refractivity contribution is 0.0687.